The van der Waals surface area contributed by atoms with Crippen LogP contribution in [0.3, 0.4) is 0 Å². The zero-order chi connectivity index (χ0) is 14.8. The molecule has 0 bridgehead atoms. The maximum atomic E-state index is 12.0. The third-order valence-electron chi connectivity index (χ3n) is 2.72. The first-order valence-corrected chi connectivity index (χ1v) is 7.15. The number of thiophene rings is 1. The van der Waals surface area contributed by atoms with Crippen molar-refractivity contribution >= 4 is 33.3 Å². The van der Waals surface area contributed by atoms with Crippen LogP contribution >= 0.6 is 11.3 Å². The lowest BCUT2D eigenvalue weighted by Crippen LogP contribution is -2.35. The van der Waals surface area contributed by atoms with E-state index in [-0.39, 0.29) is 6.61 Å². The Balaban J connectivity index is 2.49. The van der Waals surface area contributed by atoms with Gasteiger partial charge in [0.15, 0.2) is 0 Å². The van der Waals surface area contributed by atoms with E-state index in [0.29, 0.717) is 28.2 Å². The van der Waals surface area contributed by atoms with Gasteiger partial charge in [0.2, 0.25) is 0 Å². The molecule has 0 aliphatic rings. The molecule has 0 saturated heterocycles. The van der Waals surface area contributed by atoms with Gasteiger partial charge in [-0.25, -0.2) is 14.8 Å². The van der Waals surface area contributed by atoms with Gasteiger partial charge in [0.05, 0.1) is 29.7 Å². The van der Waals surface area contributed by atoms with E-state index in [2.05, 4.69) is 15.3 Å². The molecular weight excluding hydrogens is 278 g/mol. The second kappa shape index (κ2) is 5.72. The highest BCUT2D eigenvalue weighted by atomic mass is 32.1. The summed E-state index contributed by atoms with van der Waals surface area (Å²) in [5.41, 5.74) is -0.0986. The normalized spacial score (nSPS) is 11.6. The van der Waals surface area contributed by atoms with Gasteiger partial charge in [0.1, 0.15) is 17.0 Å². The summed E-state index contributed by atoms with van der Waals surface area (Å²) in [7, 11) is 0. The van der Waals surface area contributed by atoms with Crippen molar-refractivity contribution in [3.8, 4) is 0 Å². The zero-order valence-corrected chi connectivity index (χ0v) is 12.5. The van der Waals surface area contributed by atoms with Crippen molar-refractivity contribution in [1.82, 2.24) is 9.97 Å². The molecule has 2 N–H and O–H groups in total. The first kappa shape index (κ1) is 14.7. The number of aromatic nitrogens is 2. The Bertz CT molecular complexity index is 624. The predicted octanol–water partition coefficient (Wildman–Crippen LogP) is 2.05. The average molecular weight is 295 g/mol. The Kier molecular flexibility index (Phi) is 4.20. The van der Waals surface area contributed by atoms with Crippen LogP contribution < -0.4 is 5.32 Å². The molecule has 0 aromatic carbocycles. The van der Waals surface area contributed by atoms with Crippen molar-refractivity contribution in [1.29, 1.82) is 0 Å². The molecule has 0 aliphatic heterocycles. The minimum absolute atomic E-state index is 0.0582. The van der Waals surface area contributed by atoms with Crippen LogP contribution in [0.15, 0.2) is 11.7 Å². The van der Waals surface area contributed by atoms with E-state index >= 15 is 0 Å². The topological polar surface area (TPSA) is 84.3 Å². The van der Waals surface area contributed by atoms with Crippen molar-refractivity contribution in [3.05, 3.63) is 17.3 Å². The van der Waals surface area contributed by atoms with Crippen molar-refractivity contribution < 1.29 is 14.6 Å². The lowest BCUT2D eigenvalue weighted by atomic mass is 10.1. The lowest BCUT2D eigenvalue weighted by Gasteiger charge is -2.24. The van der Waals surface area contributed by atoms with Gasteiger partial charge < -0.3 is 15.2 Å². The number of aliphatic hydroxyl groups is 1. The fourth-order valence-electron chi connectivity index (χ4n) is 1.69. The van der Waals surface area contributed by atoms with Gasteiger partial charge in [-0.2, -0.15) is 0 Å². The molecule has 0 aliphatic carbocycles. The van der Waals surface area contributed by atoms with Crippen LogP contribution in [-0.4, -0.2) is 39.8 Å². The molecule has 7 heteroatoms. The first-order valence-electron chi connectivity index (χ1n) is 6.27. The highest BCUT2D eigenvalue weighted by Gasteiger charge is 2.22. The molecule has 0 fully saturated rings. The maximum Gasteiger partial charge on any atom is 0.339 e. The number of hydrogen-bond donors (Lipinski definition) is 2. The molecule has 6 nitrogen and oxygen atoms in total. The van der Waals surface area contributed by atoms with E-state index in [4.69, 9.17) is 4.74 Å². The largest absolute Gasteiger partial charge is 0.462 e. The summed E-state index contributed by atoms with van der Waals surface area (Å²) in [6.45, 7) is 5.71. The molecule has 2 heterocycles. The van der Waals surface area contributed by atoms with E-state index in [0.717, 1.165) is 0 Å². The zero-order valence-electron chi connectivity index (χ0n) is 11.6. The molecular formula is C13H17N3O3S. The van der Waals surface area contributed by atoms with Gasteiger partial charge in [-0.3, -0.25) is 0 Å². The molecule has 0 spiro atoms. The van der Waals surface area contributed by atoms with Crippen LogP contribution in [0.1, 0.15) is 31.1 Å². The van der Waals surface area contributed by atoms with E-state index in [1.54, 1.807) is 12.3 Å². The number of fused-ring (bicyclic) bond motifs is 1. The molecule has 0 unspecified atom stereocenters. The van der Waals surface area contributed by atoms with Crippen LogP contribution in [-0.2, 0) is 4.74 Å². The molecule has 2 aromatic heterocycles. The maximum absolute atomic E-state index is 12.0. The molecule has 0 amide bonds. The van der Waals surface area contributed by atoms with E-state index in [1.807, 2.05) is 13.8 Å². The number of aliphatic hydroxyl groups excluding tert-OH is 1. The molecule has 2 aromatic rings. The summed E-state index contributed by atoms with van der Waals surface area (Å²) >= 11 is 1.36. The average Bonchev–Trinajstić information content (AvgIpc) is 2.84. The summed E-state index contributed by atoms with van der Waals surface area (Å²) in [4.78, 5) is 21.0. The van der Waals surface area contributed by atoms with Crippen molar-refractivity contribution in [3.63, 3.8) is 0 Å². The number of carbonyl (C=O) groups is 1. The molecule has 0 atom stereocenters. The number of hydrogen-bond acceptors (Lipinski definition) is 7. The number of rotatable bonds is 5. The van der Waals surface area contributed by atoms with Crippen LogP contribution in [0.5, 0.6) is 0 Å². The summed E-state index contributed by atoms with van der Waals surface area (Å²) < 4.78 is 5.04. The van der Waals surface area contributed by atoms with Gasteiger partial charge >= 0.3 is 5.97 Å². The third-order valence-corrected chi connectivity index (χ3v) is 3.60. The van der Waals surface area contributed by atoms with Crippen molar-refractivity contribution in [2.24, 2.45) is 0 Å². The summed E-state index contributed by atoms with van der Waals surface area (Å²) in [5, 5.41) is 14.8. The van der Waals surface area contributed by atoms with Crippen molar-refractivity contribution in [2.45, 2.75) is 26.3 Å². The summed E-state index contributed by atoms with van der Waals surface area (Å²) in [5.74, 6) is 0.136. The monoisotopic (exact) mass is 295 g/mol. The molecule has 20 heavy (non-hydrogen) atoms. The van der Waals surface area contributed by atoms with E-state index in [9.17, 15) is 9.90 Å². The predicted molar refractivity (Wildman–Crippen MR) is 78.2 cm³/mol. The molecule has 0 saturated carbocycles. The van der Waals surface area contributed by atoms with E-state index in [1.165, 1.54) is 17.7 Å². The van der Waals surface area contributed by atoms with Crippen LogP contribution in [0.25, 0.3) is 10.2 Å². The van der Waals surface area contributed by atoms with Crippen LogP contribution in [0.2, 0.25) is 0 Å². The van der Waals surface area contributed by atoms with Crippen LogP contribution in [0.4, 0.5) is 5.82 Å². The third kappa shape index (κ3) is 2.88. The highest BCUT2D eigenvalue weighted by molar-refractivity contribution is 7.17. The fraction of sp³-hybridized carbons (Fsp3) is 0.462. The number of esters is 1. The Hall–Kier alpha value is -1.73. The Labute approximate surface area is 120 Å². The SMILES string of the molecule is CCOC(=O)c1csc2ncnc(NC(C)(C)CO)c12. The molecule has 2 rings (SSSR count). The summed E-state index contributed by atoms with van der Waals surface area (Å²) in [6.07, 6.45) is 1.43. The Morgan fingerprint density at radius 2 is 2.25 bits per heavy atom. The van der Waals surface area contributed by atoms with Gasteiger partial charge in [-0.15, -0.1) is 11.3 Å². The lowest BCUT2D eigenvalue weighted by molar-refractivity contribution is 0.0529. The number of nitrogens with zero attached hydrogens (tertiary/aromatic N) is 2. The van der Waals surface area contributed by atoms with Gasteiger partial charge in [0, 0.05) is 5.38 Å². The molecule has 108 valence electrons. The minimum atomic E-state index is -0.546. The van der Waals surface area contributed by atoms with E-state index < -0.39 is 11.5 Å². The summed E-state index contributed by atoms with van der Waals surface area (Å²) in [6, 6.07) is 0. The minimum Gasteiger partial charge on any atom is -0.462 e. The molecule has 0 radical (unpaired) electrons. The van der Waals surface area contributed by atoms with Crippen LogP contribution in [0, 0.1) is 0 Å². The van der Waals surface area contributed by atoms with Gasteiger partial charge in [0.25, 0.3) is 0 Å². The number of carbonyl (C=O) groups excluding carboxylic acids is 1. The van der Waals surface area contributed by atoms with Gasteiger partial charge in [-0.05, 0) is 20.8 Å². The first-order chi connectivity index (χ1) is 9.48. The van der Waals surface area contributed by atoms with Crippen molar-refractivity contribution in [2.75, 3.05) is 18.5 Å². The number of nitrogens with one attached hydrogen (secondary N) is 1. The number of anilines is 1. The standard InChI is InChI=1S/C13H17N3O3S/c1-4-19-12(18)8-5-20-11-9(8)10(14-7-15-11)16-13(2,3)6-17/h5,7,17H,4,6H2,1-3H3,(H,14,15,16). The second-order valence-corrected chi connectivity index (χ2v) is 5.80. The van der Waals surface area contributed by atoms with Gasteiger partial charge in [-0.1, -0.05) is 0 Å². The second-order valence-electron chi connectivity index (χ2n) is 4.94. The highest BCUT2D eigenvalue weighted by Crippen LogP contribution is 2.31. The Morgan fingerprint density at radius 3 is 2.90 bits per heavy atom. The fourth-order valence-corrected chi connectivity index (χ4v) is 2.57. The Morgan fingerprint density at radius 1 is 1.50 bits per heavy atom. The smallest absolute Gasteiger partial charge is 0.339 e. The number of ether oxygens (including phenoxy) is 1. The quantitative estimate of drug-likeness (QED) is 0.821.